The number of halogens is 1. The first-order chi connectivity index (χ1) is 16.1. The maximum absolute atomic E-state index is 13.9. The molecule has 0 amide bonds. The standard InChI is InChI=1S/C26H22FN3O3/c1-31-19-9-7-17(8-10-19)25-21-15-30(14-16-5-4-6-18(27)11-16)22-13-24(33-3)23(32-2)12-20(22)26(21)29-28-25/h4-13,15H,14H2,1-3H3. The second-order valence-corrected chi connectivity index (χ2v) is 7.65. The number of nitrogens with zero attached hydrogens (tertiary/aromatic N) is 3. The monoisotopic (exact) mass is 443 g/mol. The van der Waals surface area contributed by atoms with Crippen LogP contribution in [-0.4, -0.2) is 36.1 Å². The summed E-state index contributed by atoms with van der Waals surface area (Å²) in [5.74, 6) is 1.70. The van der Waals surface area contributed by atoms with E-state index < -0.39 is 0 Å². The van der Waals surface area contributed by atoms with Gasteiger partial charge in [0, 0.05) is 35.3 Å². The molecule has 0 unspecified atom stereocenters. The zero-order valence-corrected chi connectivity index (χ0v) is 18.5. The molecule has 0 radical (unpaired) electrons. The first-order valence-electron chi connectivity index (χ1n) is 10.4. The molecule has 0 saturated heterocycles. The minimum atomic E-state index is -0.270. The summed E-state index contributed by atoms with van der Waals surface area (Å²) in [5.41, 5.74) is 5.05. The van der Waals surface area contributed by atoms with E-state index in [9.17, 15) is 4.39 Å². The fraction of sp³-hybridized carbons (Fsp3) is 0.154. The van der Waals surface area contributed by atoms with E-state index in [1.165, 1.54) is 12.1 Å². The van der Waals surface area contributed by atoms with Gasteiger partial charge in [0.2, 0.25) is 0 Å². The molecule has 3 aromatic carbocycles. The molecule has 6 nitrogen and oxygen atoms in total. The molecule has 0 N–H and O–H groups in total. The van der Waals surface area contributed by atoms with Gasteiger partial charge in [-0.1, -0.05) is 12.1 Å². The maximum atomic E-state index is 13.9. The van der Waals surface area contributed by atoms with Gasteiger partial charge in [0.1, 0.15) is 23.0 Å². The van der Waals surface area contributed by atoms with Gasteiger partial charge >= 0.3 is 0 Å². The Balaban J connectivity index is 1.75. The summed E-state index contributed by atoms with van der Waals surface area (Å²) in [6.45, 7) is 0.465. The molecule has 0 bridgehead atoms. The molecular formula is C26H22FN3O3. The summed E-state index contributed by atoms with van der Waals surface area (Å²) >= 11 is 0. The van der Waals surface area contributed by atoms with Crippen molar-refractivity contribution in [2.45, 2.75) is 6.54 Å². The molecule has 2 aliphatic heterocycles. The molecule has 5 rings (SSSR count). The summed E-state index contributed by atoms with van der Waals surface area (Å²) in [6.07, 6.45) is 2.01. The second-order valence-electron chi connectivity index (χ2n) is 7.65. The number of pyridine rings is 1. The smallest absolute Gasteiger partial charge is 0.162 e. The molecule has 166 valence electrons. The fourth-order valence-electron chi connectivity index (χ4n) is 4.09. The van der Waals surface area contributed by atoms with Crippen molar-refractivity contribution in [2.24, 2.45) is 0 Å². The quantitative estimate of drug-likeness (QED) is 0.351. The van der Waals surface area contributed by atoms with Gasteiger partial charge in [-0.3, -0.25) is 0 Å². The Kier molecular flexibility index (Phi) is 5.30. The van der Waals surface area contributed by atoms with Crippen LogP contribution in [0.3, 0.4) is 0 Å². The van der Waals surface area contributed by atoms with Gasteiger partial charge in [0.15, 0.2) is 11.5 Å². The molecule has 2 aliphatic rings. The molecule has 33 heavy (non-hydrogen) atoms. The predicted octanol–water partition coefficient (Wildman–Crippen LogP) is 5.42. The van der Waals surface area contributed by atoms with Crippen molar-refractivity contribution in [2.75, 3.05) is 21.3 Å². The van der Waals surface area contributed by atoms with Crippen LogP contribution in [-0.2, 0) is 6.54 Å². The van der Waals surface area contributed by atoms with Crippen molar-refractivity contribution in [3.63, 3.8) is 0 Å². The minimum absolute atomic E-state index is 0.270. The van der Waals surface area contributed by atoms with E-state index in [1.807, 2.05) is 48.7 Å². The largest absolute Gasteiger partial charge is 0.497 e. The normalized spacial score (nSPS) is 11.2. The van der Waals surface area contributed by atoms with E-state index in [0.717, 1.165) is 44.7 Å². The van der Waals surface area contributed by atoms with Crippen LogP contribution in [0, 0.1) is 5.82 Å². The van der Waals surface area contributed by atoms with Gasteiger partial charge in [0.25, 0.3) is 0 Å². The lowest BCUT2D eigenvalue weighted by Crippen LogP contribution is -2.05. The number of ether oxygens (including phenoxy) is 3. The fourth-order valence-corrected chi connectivity index (χ4v) is 4.09. The van der Waals surface area contributed by atoms with Crippen LogP contribution in [0.1, 0.15) is 5.56 Å². The number of rotatable bonds is 6. The number of hydrogen-bond acceptors (Lipinski definition) is 5. The zero-order chi connectivity index (χ0) is 22.9. The van der Waals surface area contributed by atoms with Gasteiger partial charge < -0.3 is 18.8 Å². The van der Waals surface area contributed by atoms with Crippen molar-refractivity contribution >= 4 is 10.9 Å². The molecular weight excluding hydrogens is 421 g/mol. The number of aromatic nitrogens is 3. The SMILES string of the molecule is COc1ccc(-c2nnc3c4cc(OC)c(OC)cc4n(Cc4cccc(F)c4)cc2-3)cc1. The van der Waals surface area contributed by atoms with Gasteiger partial charge in [-0.2, -0.15) is 0 Å². The molecule has 0 saturated carbocycles. The summed E-state index contributed by atoms with van der Waals surface area (Å²) in [4.78, 5) is 0. The van der Waals surface area contributed by atoms with Crippen LogP contribution in [0.2, 0.25) is 0 Å². The van der Waals surface area contributed by atoms with Crippen molar-refractivity contribution in [3.05, 3.63) is 78.2 Å². The average molecular weight is 443 g/mol. The summed E-state index contributed by atoms with van der Waals surface area (Å²) in [7, 11) is 4.84. The van der Waals surface area contributed by atoms with Crippen LogP contribution < -0.4 is 14.2 Å². The number of fused-ring (bicyclic) bond motifs is 3. The highest BCUT2D eigenvalue weighted by Gasteiger charge is 2.22. The third kappa shape index (κ3) is 3.71. The minimum Gasteiger partial charge on any atom is -0.497 e. The first-order valence-corrected chi connectivity index (χ1v) is 10.4. The lowest BCUT2D eigenvalue weighted by atomic mass is 10.0. The molecule has 0 fully saturated rings. The molecule has 0 aliphatic carbocycles. The number of benzene rings is 3. The van der Waals surface area contributed by atoms with E-state index in [4.69, 9.17) is 14.2 Å². The van der Waals surface area contributed by atoms with Crippen LogP contribution in [0.5, 0.6) is 17.2 Å². The highest BCUT2D eigenvalue weighted by molar-refractivity contribution is 5.99. The molecule has 2 heterocycles. The van der Waals surface area contributed by atoms with Gasteiger partial charge in [-0.15, -0.1) is 10.2 Å². The Labute approximate surface area is 190 Å². The van der Waals surface area contributed by atoms with E-state index in [0.29, 0.717) is 18.0 Å². The molecule has 0 spiro atoms. The maximum Gasteiger partial charge on any atom is 0.162 e. The third-order valence-corrected chi connectivity index (χ3v) is 5.72. The van der Waals surface area contributed by atoms with Gasteiger partial charge in [-0.25, -0.2) is 4.39 Å². The number of hydrogen-bond donors (Lipinski definition) is 0. The van der Waals surface area contributed by atoms with Gasteiger partial charge in [-0.05, 0) is 48.0 Å². The van der Waals surface area contributed by atoms with E-state index in [2.05, 4.69) is 14.8 Å². The van der Waals surface area contributed by atoms with Crippen molar-refractivity contribution in [1.29, 1.82) is 0 Å². The third-order valence-electron chi connectivity index (χ3n) is 5.72. The Hall–Kier alpha value is -4.13. The molecule has 0 aromatic heterocycles. The second kappa shape index (κ2) is 8.43. The average Bonchev–Trinajstić information content (AvgIpc) is 3.27. The Bertz CT molecular complexity index is 1410. The van der Waals surface area contributed by atoms with Gasteiger partial charge in [0.05, 0.1) is 26.8 Å². The molecule has 3 aromatic rings. The van der Waals surface area contributed by atoms with Crippen LogP contribution in [0.25, 0.3) is 33.4 Å². The Morgan fingerprint density at radius 1 is 0.818 bits per heavy atom. The molecule has 0 atom stereocenters. The topological polar surface area (TPSA) is 58.4 Å². The Morgan fingerprint density at radius 2 is 1.55 bits per heavy atom. The zero-order valence-electron chi connectivity index (χ0n) is 18.5. The van der Waals surface area contributed by atoms with Crippen molar-refractivity contribution in [3.8, 4) is 39.8 Å². The Morgan fingerprint density at radius 3 is 2.24 bits per heavy atom. The number of methoxy groups -OCH3 is 3. The summed E-state index contributed by atoms with van der Waals surface area (Å²) in [5, 5.41) is 9.87. The lowest BCUT2D eigenvalue weighted by molar-refractivity contribution is 0.355. The van der Waals surface area contributed by atoms with E-state index in [-0.39, 0.29) is 5.82 Å². The van der Waals surface area contributed by atoms with Crippen LogP contribution in [0.4, 0.5) is 4.39 Å². The van der Waals surface area contributed by atoms with E-state index >= 15 is 0 Å². The lowest BCUT2D eigenvalue weighted by Gasteiger charge is -2.17. The summed E-state index contributed by atoms with van der Waals surface area (Å²) in [6, 6.07) is 18.1. The van der Waals surface area contributed by atoms with Crippen LogP contribution >= 0.6 is 0 Å². The predicted molar refractivity (Wildman–Crippen MR) is 125 cm³/mol. The van der Waals surface area contributed by atoms with Crippen molar-refractivity contribution < 1.29 is 18.6 Å². The van der Waals surface area contributed by atoms with Crippen LogP contribution in [0.15, 0.2) is 66.9 Å². The first kappa shape index (κ1) is 20.8. The highest BCUT2D eigenvalue weighted by Crippen LogP contribution is 2.41. The molecule has 7 heteroatoms. The van der Waals surface area contributed by atoms with E-state index in [1.54, 1.807) is 27.4 Å². The van der Waals surface area contributed by atoms with Crippen molar-refractivity contribution in [1.82, 2.24) is 14.8 Å². The summed E-state index contributed by atoms with van der Waals surface area (Å²) < 4.78 is 32.3. The highest BCUT2D eigenvalue weighted by atomic mass is 19.1.